The highest BCUT2D eigenvalue weighted by Crippen LogP contribution is 2.09. The number of ether oxygens (including phenoxy) is 1. The topological polar surface area (TPSA) is 44.8 Å². The number of carbonyl (C=O) groups excluding carboxylic acids is 1. The van der Waals surface area contributed by atoms with Crippen molar-refractivity contribution in [2.75, 3.05) is 46.4 Å². The van der Waals surface area contributed by atoms with Crippen LogP contribution in [0.25, 0.3) is 0 Å². The maximum absolute atomic E-state index is 13.7. The fourth-order valence-electron chi connectivity index (χ4n) is 3.09. The standard InChI is InChI=1S/C19H30FN3O2/c1-15(2)11-23-8-9-25-17(13-23)10-21-19(24)14-22(3)12-16-6-4-5-7-18(16)20/h4-7,15,17H,8-14H2,1-3H3,(H,21,24). The zero-order valence-corrected chi connectivity index (χ0v) is 15.5. The van der Waals surface area contributed by atoms with Gasteiger partial charge in [0.25, 0.3) is 0 Å². The van der Waals surface area contributed by atoms with Crippen LogP contribution in [0.5, 0.6) is 0 Å². The van der Waals surface area contributed by atoms with Crippen LogP contribution in [-0.4, -0.2) is 68.2 Å². The van der Waals surface area contributed by atoms with Gasteiger partial charge in [-0.25, -0.2) is 4.39 Å². The number of amides is 1. The van der Waals surface area contributed by atoms with Gasteiger partial charge in [0, 0.05) is 38.3 Å². The van der Waals surface area contributed by atoms with Crippen LogP contribution in [0.2, 0.25) is 0 Å². The number of nitrogens with one attached hydrogen (secondary N) is 1. The first-order valence-corrected chi connectivity index (χ1v) is 8.96. The lowest BCUT2D eigenvalue weighted by molar-refractivity contribution is -0.123. The second-order valence-corrected chi connectivity index (χ2v) is 7.21. The van der Waals surface area contributed by atoms with Crippen LogP contribution in [-0.2, 0) is 16.1 Å². The smallest absolute Gasteiger partial charge is 0.234 e. The van der Waals surface area contributed by atoms with Gasteiger partial charge >= 0.3 is 0 Å². The Bertz CT molecular complexity index is 553. The summed E-state index contributed by atoms with van der Waals surface area (Å²) in [6, 6.07) is 6.64. The molecular formula is C19H30FN3O2. The lowest BCUT2D eigenvalue weighted by Gasteiger charge is -2.34. The molecule has 25 heavy (non-hydrogen) atoms. The predicted octanol–water partition coefficient (Wildman–Crippen LogP) is 1.73. The van der Waals surface area contributed by atoms with E-state index >= 15 is 0 Å². The van der Waals surface area contributed by atoms with Gasteiger partial charge in [0.1, 0.15) is 5.82 Å². The second-order valence-electron chi connectivity index (χ2n) is 7.21. The number of benzene rings is 1. The Labute approximate surface area is 150 Å². The third kappa shape index (κ3) is 7.10. The molecule has 1 aliphatic rings. The van der Waals surface area contributed by atoms with Gasteiger partial charge in [0.15, 0.2) is 0 Å². The summed E-state index contributed by atoms with van der Waals surface area (Å²) in [5.41, 5.74) is 0.595. The Morgan fingerprint density at radius 1 is 1.44 bits per heavy atom. The van der Waals surface area contributed by atoms with E-state index in [0.717, 1.165) is 19.6 Å². The molecule has 0 bridgehead atoms. The van der Waals surface area contributed by atoms with Crippen molar-refractivity contribution >= 4 is 5.91 Å². The molecule has 140 valence electrons. The van der Waals surface area contributed by atoms with Gasteiger partial charge in [-0.2, -0.15) is 0 Å². The van der Waals surface area contributed by atoms with E-state index in [1.54, 1.807) is 23.1 Å². The Balaban J connectivity index is 1.70. The summed E-state index contributed by atoms with van der Waals surface area (Å²) in [4.78, 5) is 16.3. The largest absolute Gasteiger partial charge is 0.374 e. The molecule has 6 heteroatoms. The van der Waals surface area contributed by atoms with Gasteiger partial charge in [-0.15, -0.1) is 0 Å². The van der Waals surface area contributed by atoms with Crippen LogP contribution in [0.15, 0.2) is 24.3 Å². The SMILES string of the molecule is CC(C)CN1CCOC(CNC(=O)CN(C)Cc2ccccc2F)C1. The molecule has 1 N–H and O–H groups in total. The summed E-state index contributed by atoms with van der Waals surface area (Å²) >= 11 is 0. The minimum Gasteiger partial charge on any atom is -0.374 e. The zero-order valence-electron chi connectivity index (χ0n) is 15.5. The molecule has 1 unspecified atom stereocenters. The lowest BCUT2D eigenvalue weighted by Crippen LogP contribution is -2.49. The summed E-state index contributed by atoms with van der Waals surface area (Å²) in [7, 11) is 1.81. The fourth-order valence-corrected chi connectivity index (χ4v) is 3.09. The molecule has 1 saturated heterocycles. The number of hydrogen-bond acceptors (Lipinski definition) is 4. The second kappa shape index (κ2) is 9.85. The Hall–Kier alpha value is -1.50. The first kappa shape index (κ1) is 19.8. The number of carbonyl (C=O) groups is 1. The molecule has 0 aliphatic carbocycles. The highest BCUT2D eigenvalue weighted by atomic mass is 19.1. The highest BCUT2D eigenvalue weighted by molar-refractivity contribution is 5.78. The molecule has 0 aromatic heterocycles. The number of rotatable bonds is 8. The van der Waals surface area contributed by atoms with Crippen molar-refractivity contribution in [3.8, 4) is 0 Å². The van der Waals surface area contributed by atoms with Crippen molar-refractivity contribution < 1.29 is 13.9 Å². The van der Waals surface area contributed by atoms with E-state index in [1.807, 2.05) is 7.05 Å². The van der Waals surface area contributed by atoms with Crippen LogP contribution < -0.4 is 5.32 Å². The molecule has 5 nitrogen and oxygen atoms in total. The van der Waals surface area contributed by atoms with Crippen molar-refractivity contribution in [2.24, 2.45) is 5.92 Å². The molecule has 0 radical (unpaired) electrons. The summed E-state index contributed by atoms with van der Waals surface area (Å²) in [6.07, 6.45) is 0.0355. The van der Waals surface area contributed by atoms with Crippen molar-refractivity contribution in [2.45, 2.75) is 26.5 Å². The molecule has 1 aromatic carbocycles. The number of nitrogens with zero attached hydrogens (tertiary/aromatic N) is 2. The Morgan fingerprint density at radius 3 is 2.92 bits per heavy atom. The predicted molar refractivity (Wildman–Crippen MR) is 96.8 cm³/mol. The monoisotopic (exact) mass is 351 g/mol. The van der Waals surface area contributed by atoms with Gasteiger partial charge in [-0.05, 0) is 19.0 Å². The average molecular weight is 351 g/mol. The molecule has 1 atom stereocenters. The lowest BCUT2D eigenvalue weighted by atomic mass is 10.2. The molecule has 1 amide bonds. The maximum Gasteiger partial charge on any atom is 0.234 e. The quantitative estimate of drug-likeness (QED) is 0.775. The number of hydrogen-bond donors (Lipinski definition) is 1. The Morgan fingerprint density at radius 2 is 2.20 bits per heavy atom. The number of halogens is 1. The molecule has 1 aromatic rings. The molecule has 1 heterocycles. The molecule has 1 aliphatic heterocycles. The minimum atomic E-state index is -0.240. The van der Waals surface area contributed by atoms with Crippen LogP contribution >= 0.6 is 0 Å². The first-order valence-electron chi connectivity index (χ1n) is 8.96. The van der Waals surface area contributed by atoms with Crippen molar-refractivity contribution in [3.63, 3.8) is 0 Å². The van der Waals surface area contributed by atoms with Gasteiger partial charge in [0.2, 0.25) is 5.91 Å². The van der Waals surface area contributed by atoms with Gasteiger partial charge in [-0.1, -0.05) is 32.0 Å². The van der Waals surface area contributed by atoms with E-state index < -0.39 is 0 Å². The van der Waals surface area contributed by atoms with E-state index in [4.69, 9.17) is 4.74 Å². The zero-order chi connectivity index (χ0) is 18.2. The van der Waals surface area contributed by atoms with Crippen LogP contribution in [0.4, 0.5) is 4.39 Å². The van der Waals surface area contributed by atoms with Crippen molar-refractivity contribution in [1.82, 2.24) is 15.1 Å². The van der Waals surface area contributed by atoms with Gasteiger partial charge in [-0.3, -0.25) is 14.6 Å². The van der Waals surface area contributed by atoms with Crippen LogP contribution in [0.3, 0.4) is 0 Å². The van der Waals surface area contributed by atoms with E-state index in [1.165, 1.54) is 6.07 Å². The molecule has 0 spiro atoms. The van der Waals surface area contributed by atoms with E-state index in [-0.39, 0.29) is 24.4 Å². The average Bonchev–Trinajstić information content (AvgIpc) is 2.55. The summed E-state index contributed by atoms with van der Waals surface area (Å²) < 4.78 is 19.4. The Kier molecular flexibility index (Phi) is 7.81. The van der Waals surface area contributed by atoms with Crippen molar-refractivity contribution in [3.05, 3.63) is 35.6 Å². The van der Waals surface area contributed by atoms with E-state index in [0.29, 0.717) is 31.2 Å². The first-order chi connectivity index (χ1) is 11.9. The van der Waals surface area contributed by atoms with Gasteiger partial charge in [0.05, 0.1) is 19.3 Å². The summed E-state index contributed by atoms with van der Waals surface area (Å²) in [5, 5.41) is 2.93. The van der Waals surface area contributed by atoms with Crippen LogP contribution in [0, 0.1) is 11.7 Å². The van der Waals surface area contributed by atoms with Gasteiger partial charge < -0.3 is 10.1 Å². The molecule has 1 fully saturated rings. The number of morpholine rings is 1. The maximum atomic E-state index is 13.7. The third-order valence-corrected chi connectivity index (χ3v) is 4.18. The van der Waals surface area contributed by atoms with Crippen LogP contribution in [0.1, 0.15) is 19.4 Å². The fraction of sp³-hybridized carbons (Fsp3) is 0.632. The minimum absolute atomic E-state index is 0.0355. The van der Waals surface area contributed by atoms with Crippen molar-refractivity contribution in [1.29, 1.82) is 0 Å². The third-order valence-electron chi connectivity index (χ3n) is 4.18. The summed E-state index contributed by atoms with van der Waals surface area (Å²) in [5.74, 6) is 0.319. The molecule has 2 rings (SSSR count). The molecular weight excluding hydrogens is 321 g/mol. The van der Waals surface area contributed by atoms with E-state index in [9.17, 15) is 9.18 Å². The highest BCUT2D eigenvalue weighted by Gasteiger charge is 2.21. The number of likely N-dealkylation sites (N-methyl/N-ethyl adjacent to an activating group) is 1. The normalized spacial score (nSPS) is 18.7. The summed E-state index contributed by atoms with van der Waals surface area (Å²) in [6.45, 7) is 9.13. The van der Waals surface area contributed by atoms with E-state index in [2.05, 4.69) is 24.1 Å². The molecule has 0 saturated carbocycles.